The molecular weight excluding hydrogens is 240 g/mol. The van der Waals surface area contributed by atoms with Crippen molar-refractivity contribution in [2.75, 3.05) is 6.54 Å². The SMILES string of the molecule is Cc1nc2ccccn2c1CNCC(=O)NC1CC1. The minimum Gasteiger partial charge on any atom is -0.352 e. The van der Waals surface area contributed by atoms with Crippen molar-refractivity contribution in [3.8, 4) is 0 Å². The minimum absolute atomic E-state index is 0.0778. The molecule has 0 atom stereocenters. The average molecular weight is 258 g/mol. The van der Waals surface area contributed by atoms with E-state index < -0.39 is 0 Å². The maximum absolute atomic E-state index is 11.6. The van der Waals surface area contributed by atoms with Gasteiger partial charge >= 0.3 is 0 Å². The summed E-state index contributed by atoms with van der Waals surface area (Å²) in [6.07, 6.45) is 4.24. The summed E-state index contributed by atoms with van der Waals surface area (Å²) in [6.45, 7) is 3.00. The van der Waals surface area contributed by atoms with Crippen LogP contribution in [-0.4, -0.2) is 27.9 Å². The third kappa shape index (κ3) is 2.76. The minimum atomic E-state index is 0.0778. The standard InChI is InChI=1S/C14H18N4O/c1-10-12(18-7-3-2-4-13(18)16-10)8-15-9-14(19)17-11-5-6-11/h2-4,7,11,15H,5-6,8-9H2,1H3,(H,17,19). The van der Waals surface area contributed by atoms with Gasteiger partial charge in [-0.1, -0.05) is 6.07 Å². The van der Waals surface area contributed by atoms with Gasteiger partial charge in [-0.25, -0.2) is 4.98 Å². The van der Waals surface area contributed by atoms with Crippen molar-refractivity contribution < 1.29 is 4.79 Å². The molecule has 0 saturated heterocycles. The van der Waals surface area contributed by atoms with E-state index in [1.807, 2.05) is 31.3 Å². The first-order valence-electron chi connectivity index (χ1n) is 6.66. The molecule has 19 heavy (non-hydrogen) atoms. The van der Waals surface area contributed by atoms with Crippen molar-refractivity contribution in [3.63, 3.8) is 0 Å². The van der Waals surface area contributed by atoms with Crippen LogP contribution in [0.3, 0.4) is 0 Å². The molecule has 0 aromatic carbocycles. The average Bonchev–Trinajstić information content (AvgIpc) is 3.14. The van der Waals surface area contributed by atoms with Crippen molar-refractivity contribution >= 4 is 11.6 Å². The Hall–Kier alpha value is -1.88. The first kappa shape index (κ1) is 12.2. The maximum Gasteiger partial charge on any atom is 0.234 e. The van der Waals surface area contributed by atoms with Crippen molar-refractivity contribution in [3.05, 3.63) is 35.8 Å². The molecule has 2 heterocycles. The summed E-state index contributed by atoms with van der Waals surface area (Å²) in [7, 11) is 0. The van der Waals surface area contributed by atoms with Crippen LogP contribution < -0.4 is 10.6 Å². The largest absolute Gasteiger partial charge is 0.352 e. The third-order valence-electron chi connectivity index (χ3n) is 3.35. The predicted octanol–water partition coefficient (Wildman–Crippen LogP) is 1.01. The van der Waals surface area contributed by atoms with Gasteiger partial charge in [-0.3, -0.25) is 4.79 Å². The Labute approximate surface area is 112 Å². The molecule has 1 aliphatic carbocycles. The van der Waals surface area contributed by atoms with Crippen molar-refractivity contribution in [1.29, 1.82) is 0 Å². The molecule has 2 aromatic rings. The zero-order valence-corrected chi connectivity index (χ0v) is 11.0. The topological polar surface area (TPSA) is 58.4 Å². The highest BCUT2D eigenvalue weighted by atomic mass is 16.2. The number of carbonyl (C=O) groups is 1. The normalized spacial score (nSPS) is 14.8. The molecule has 5 heteroatoms. The van der Waals surface area contributed by atoms with Crippen LogP contribution in [0.2, 0.25) is 0 Å². The van der Waals surface area contributed by atoms with Crippen LogP contribution in [0, 0.1) is 6.92 Å². The number of pyridine rings is 1. The Morgan fingerprint density at radius 3 is 3.11 bits per heavy atom. The number of aryl methyl sites for hydroxylation is 1. The Kier molecular flexibility index (Phi) is 3.21. The van der Waals surface area contributed by atoms with Gasteiger partial charge in [-0.15, -0.1) is 0 Å². The molecule has 0 unspecified atom stereocenters. The number of amides is 1. The first-order chi connectivity index (χ1) is 9.24. The van der Waals surface area contributed by atoms with Gasteiger partial charge in [0.15, 0.2) is 0 Å². The number of fused-ring (bicyclic) bond motifs is 1. The zero-order chi connectivity index (χ0) is 13.2. The number of nitrogens with one attached hydrogen (secondary N) is 2. The van der Waals surface area contributed by atoms with Gasteiger partial charge in [-0.2, -0.15) is 0 Å². The Morgan fingerprint density at radius 1 is 1.47 bits per heavy atom. The molecule has 2 N–H and O–H groups in total. The van der Waals surface area contributed by atoms with E-state index in [9.17, 15) is 4.79 Å². The van der Waals surface area contributed by atoms with Crippen LogP contribution in [-0.2, 0) is 11.3 Å². The second-order valence-electron chi connectivity index (χ2n) is 5.02. The molecule has 100 valence electrons. The smallest absolute Gasteiger partial charge is 0.234 e. The maximum atomic E-state index is 11.6. The van der Waals surface area contributed by atoms with E-state index in [2.05, 4.69) is 20.0 Å². The number of carbonyl (C=O) groups excluding carboxylic acids is 1. The summed E-state index contributed by atoms with van der Waals surface area (Å²) >= 11 is 0. The van der Waals surface area contributed by atoms with Crippen LogP contribution in [0.1, 0.15) is 24.2 Å². The van der Waals surface area contributed by atoms with Gasteiger partial charge in [0.1, 0.15) is 5.65 Å². The van der Waals surface area contributed by atoms with Crippen LogP contribution in [0.25, 0.3) is 5.65 Å². The van der Waals surface area contributed by atoms with Gasteiger partial charge in [0.2, 0.25) is 5.91 Å². The highest BCUT2D eigenvalue weighted by Gasteiger charge is 2.22. The lowest BCUT2D eigenvalue weighted by molar-refractivity contribution is -0.120. The van der Waals surface area contributed by atoms with Crippen molar-refractivity contribution in [2.45, 2.75) is 32.4 Å². The summed E-state index contributed by atoms with van der Waals surface area (Å²) in [5, 5.41) is 6.14. The zero-order valence-electron chi connectivity index (χ0n) is 11.0. The van der Waals surface area contributed by atoms with Crippen LogP contribution in [0.4, 0.5) is 0 Å². The van der Waals surface area contributed by atoms with E-state index in [1.165, 1.54) is 0 Å². The van der Waals surface area contributed by atoms with Gasteiger partial charge in [0.05, 0.1) is 17.9 Å². The lowest BCUT2D eigenvalue weighted by Crippen LogP contribution is -2.35. The van der Waals surface area contributed by atoms with Crippen molar-refractivity contribution in [2.24, 2.45) is 0 Å². The monoisotopic (exact) mass is 258 g/mol. The molecule has 1 amide bonds. The predicted molar refractivity (Wildman–Crippen MR) is 72.8 cm³/mol. The van der Waals surface area contributed by atoms with Crippen LogP contribution in [0.5, 0.6) is 0 Å². The quantitative estimate of drug-likeness (QED) is 0.841. The number of rotatable bonds is 5. The fourth-order valence-electron chi connectivity index (χ4n) is 2.18. The fourth-order valence-corrected chi connectivity index (χ4v) is 2.18. The Balaban J connectivity index is 1.61. The molecule has 2 aromatic heterocycles. The van der Waals surface area contributed by atoms with Gasteiger partial charge < -0.3 is 15.0 Å². The highest BCUT2D eigenvalue weighted by Crippen LogP contribution is 2.18. The van der Waals surface area contributed by atoms with E-state index >= 15 is 0 Å². The van der Waals surface area contributed by atoms with Crippen LogP contribution in [0.15, 0.2) is 24.4 Å². The molecule has 1 aliphatic rings. The second-order valence-corrected chi connectivity index (χ2v) is 5.02. The van der Waals surface area contributed by atoms with Gasteiger partial charge in [-0.05, 0) is 31.9 Å². The number of hydrogen-bond acceptors (Lipinski definition) is 3. The van der Waals surface area contributed by atoms with Gasteiger partial charge in [0, 0.05) is 18.8 Å². The molecule has 1 saturated carbocycles. The van der Waals surface area contributed by atoms with E-state index in [-0.39, 0.29) is 5.91 Å². The van der Waals surface area contributed by atoms with Gasteiger partial charge in [0.25, 0.3) is 0 Å². The summed E-state index contributed by atoms with van der Waals surface area (Å²) in [6, 6.07) is 6.36. The molecule has 0 bridgehead atoms. The Morgan fingerprint density at radius 2 is 2.32 bits per heavy atom. The molecule has 1 fully saturated rings. The Bertz CT molecular complexity index is 601. The molecular formula is C14H18N4O. The molecule has 0 aliphatic heterocycles. The number of hydrogen-bond donors (Lipinski definition) is 2. The molecule has 0 radical (unpaired) electrons. The summed E-state index contributed by atoms with van der Waals surface area (Å²) in [5.41, 5.74) is 3.05. The lowest BCUT2D eigenvalue weighted by Gasteiger charge is -2.06. The van der Waals surface area contributed by atoms with Crippen molar-refractivity contribution in [1.82, 2.24) is 20.0 Å². The number of aromatic nitrogens is 2. The molecule has 0 spiro atoms. The number of nitrogens with zero attached hydrogens (tertiary/aromatic N) is 2. The second kappa shape index (κ2) is 5.01. The van der Waals surface area contributed by atoms with E-state index in [4.69, 9.17) is 0 Å². The highest BCUT2D eigenvalue weighted by molar-refractivity contribution is 5.78. The molecule has 5 nitrogen and oxygen atoms in total. The van der Waals surface area contributed by atoms with E-state index in [1.54, 1.807) is 0 Å². The third-order valence-corrected chi connectivity index (χ3v) is 3.35. The number of imidazole rings is 1. The van der Waals surface area contributed by atoms with E-state index in [0.29, 0.717) is 19.1 Å². The first-order valence-corrected chi connectivity index (χ1v) is 6.66. The lowest BCUT2D eigenvalue weighted by atomic mass is 10.3. The summed E-state index contributed by atoms with van der Waals surface area (Å²) in [5.74, 6) is 0.0778. The summed E-state index contributed by atoms with van der Waals surface area (Å²) in [4.78, 5) is 16.1. The fraction of sp³-hybridized carbons (Fsp3) is 0.429. The van der Waals surface area contributed by atoms with Crippen LogP contribution >= 0.6 is 0 Å². The molecule has 3 rings (SSSR count). The summed E-state index contributed by atoms with van der Waals surface area (Å²) < 4.78 is 2.06. The van der Waals surface area contributed by atoms with E-state index in [0.717, 1.165) is 29.9 Å².